The van der Waals surface area contributed by atoms with E-state index in [1.807, 2.05) is 37.2 Å². The fourth-order valence-electron chi connectivity index (χ4n) is 2.62. The van der Waals surface area contributed by atoms with Gasteiger partial charge < -0.3 is 9.64 Å². The van der Waals surface area contributed by atoms with Gasteiger partial charge in [-0.05, 0) is 30.3 Å². The molecular weight excluding hydrogens is 345 g/mol. The van der Waals surface area contributed by atoms with E-state index >= 15 is 0 Å². The van der Waals surface area contributed by atoms with Gasteiger partial charge in [-0.15, -0.1) is 0 Å². The molecule has 0 unspecified atom stereocenters. The number of fused-ring (bicyclic) bond motifs is 1. The van der Waals surface area contributed by atoms with Crippen molar-refractivity contribution in [2.75, 3.05) is 26.1 Å². The highest BCUT2D eigenvalue weighted by molar-refractivity contribution is 6.30. The zero-order valence-corrected chi connectivity index (χ0v) is 14.8. The molecule has 0 saturated heterocycles. The highest BCUT2D eigenvalue weighted by Crippen LogP contribution is 2.26. The first-order valence-corrected chi connectivity index (χ1v) is 7.98. The summed E-state index contributed by atoms with van der Waals surface area (Å²) in [6.45, 7) is 0.174. The molecule has 1 heterocycles. The van der Waals surface area contributed by atoms with Gasteiger partial charge in [-0.2, -0.15) is 5.10 Å². The van der Waals surface area contributed by atoms with Gasteiger partial charge in [-0.25, -0.2) is 9.18 Å². The Hall–Kier alpha value is -2.60. The van der Waals surface area contributed by atoms with Crippen LogP contribution >= 0.6 is 11.6 Å². The lowest BCUT2D eigenvalue weighted by atomic mass is 10.1. The van der Waals surface area contributed by atoms with Crippen LogP contribution in [0.1, 0.15) is 16.1 Å². The van der Waals surface area contributed by atoms with Gasteiger partial charge in [0.15, 0.2) is 5.69 Å². The molecule has 5 nitrogen and oxygen atoms in total. The number of hydrogen-bond donors (Lipinski definition) is 0. The maximum Gasteiger partial charge on any atom is 0.359 e. The van der Waals surface area contributed by atoms with Crippen molar-refractivity contribution in [3.05, 3.63) is 58.5 Å². The molecule has 0 aliphatic carbocycles. The van der Waals surface area contributed by atoms with Crippen LogP contribution in [0, 0.1) is 5.82 Å². The number of ether oxygens (including phenoxy) is 1. The Labute approximate surface area is 149 Å². The summed E-state index contributed by atoms with van der Waals surface area (Å²) < 4.78 is 20.6. The second-order valence-corrected chi connectivity index (χ2v) is 6.27. The minimum Gasteiger partial charge on any atom is -0.464 e. The minimum absolute atomic E-state index is 0.174. The Morgan fingerprint density at radius 3 is 2.68 bits per heavy atom. The van der Waals surface area contributed by atoms with Crippen LogP contribution < -0.4 is 4.90 Å². The van der Waals surface area contributed by atoms with Crippen molar-refractivity contribution in [3.63, 3.8) is 0 Å². The van der Waals surface area contributed by atoms with Gasteiger partial charge in [-0.3, -0.25) is 4.68 Å². The molecule has 0 atom stereocenters. The van der Waals surface area contributed by atoms with Crippen LogP contribution in [0.15, 0.2) is 36.4 Å². The lowest BCUT2D eigenvalue weighted by Crippen LogP contribution is -2.09. The van der Waals surface area contributed by atoms with Gasteiger partial charge in [0, 0.05) is 35.8 Å². The number of benzene rings is 2. The molecule has 0 amide bonds. The molecule has 130 valence electrons. The van der Waals surface area contributed by atoms with Gasteiger partial charge in [0.1, 0.15) is 5.82 Å². The van der Waals surface area contributed by atoms with E-state index in [1.54, 1.807) is 16.8 Å². The zero-order valence-electron chi connectivity index (χ0n) is 14.1. The Balaban J connectivity index is 2.15. The fraction of sp³-hybridized carbons (Fsp3) is 0.222. The highest BCUT2D eigenvalue weighted by Gasteiger charge is 2.19. The summed E-state index contributed by atoms with van der Waals surface area (Å²) in [7, 11) is 5.14. The van der Waals surface area contributed by atoms with Crippen LogP contribution in [-0.4, -0.2) is 37.0 Å². The van der Waals surface area contributed by atoms with Crippen LogP contribution in [0.5, 0.6) is 0 Å². The van der Waals surface area contributed by atoms with Crippen LogP contribution in [-0.2, 0) is 11.3 Å². The second-order valence-electron chi connectivity index (χ2n) is 5.83. The summed E-state index contributed by atoms with van der Waals surface area (Å²) in [5.74, 6) is -0.947. The summed E-state index contributed by atoms with van der Waals surface area (Å²) in [6, 6.07) is 10.1. The topological polar surface area (TPSA) is 47.4 Å². The lowest BCUT2D eigenvalue weighted by Gasteiger charge is -2.13. The summed E-state index contributed by atoms with van der Waals surface area (Å²) in [6.07, 6.45) is 0. The summed E-state index contributed by atoms with van der Waals surface area (Å²) in [5.41, 5.74) is 2.31. The molecule has 0 aliphatic heterocycles. The number of carbonyl (C=O) groups excluding carboxylic acids is 1. The smallest absolute Gasteiger partial charge is 0.359 e. The van der Waals surface area contributed by atoms with Crippen molar-refractivity contribution in [1.82, 2.24) is 9.78 Å². The number of esters is 1. The predicted molar refractivity (Wildman–Crippen MR) is 95.9 cm³/mol. The number of anilines is 1. The van der Waals surface area contributed by atoms with E-state index in [4.69, 9.17) is 16.3 Å². The number of hydrogen-bond acceptors (Lipinski definition) is 4. The number of nitrogens with zero attached hydrogens (tertiary/aromatic N) is 3. The zero-order chi connectivity index (χ0) is 18.1. The van der Waals surface area contributed by atoms with Crippen molar-refractivity contribution in [3.8, 4) is 0 Å². The molecule has 0 spiro atoms. The predicted octanol–water partition coefficient (Wildman–Crippen LogP) is 3.73. The van der Waals surface area contributed by atoms with E-state index in [9.17, 15) is 9.18 Å². The number of carbonyl (C=O) groups is 1. The van der Waals surface area contributed by atoms with Crippen molar-refractivity contribution < 1.29 is 13.9 Å². The third-order valence-corrected chi connectivity index (χ3v) is 4.20. The van der Waals surface area contributed by atoms with E-state index in [0.29, 0.717) is 16.0 Å². The molecule has 7 heteroatoms. The van der Waals surface area contributed by atoms with E-state index in [-0.39, 0.29) is 12.2 Å². The van der Waals surface area contributed by atoms with Crippen LogP contribution in [0.25, 0.3) is 10.9 Å². The molecule has 0 N–H and O–H groups in total. The van der Waals surface area contributed by atoms with Gasteiger partial charge in [0.05, 0.1) is 19.2 Å². The van der Waals surface area contributed by atoms with Gasteiger partial charge in [-0.1, -0.05) is 17.7 Å². The number of aromatic nitrogens is 2. The van der Waals surface area contributed by atoms with Crippen LogP contribution in [0.2, 0.25) is 5.02 Å². The molecule has 2 aromatic carbocycles. The van der Waals surface area contributed by atoms with E-state index in [2.05, 4.69) is 5.10 Å². The molecule has 0 radical (unpaired) electrons. The largest absolute Gasteiger partial charge is 0.464 e. The minimum atomic E-state index is -0.530. The average Bonchev–Trinajstić information content (AvgIpc) is 2.94. The molecule has 0 fully saturated rings. The molecule has 3 rings (SSSR count). The average molecular weight is 362 g/mol. The Kier molecular flexibility index (Phi) is 4.63. The number of halogens is 2. The van der Waals surface area contributed by atoms with Crippen LogP contribution in [0.3, 0.4) is 0 Å². The highest BCUT2D eigenvalue weighted by atomic mass is 35.5. The maximum atomic E-state index is 14.1. The molecule has 25 heavy (non-hydrogen) atoms. The standard InChI is InChI=1S/C18H17ClFN3O2/c1-22(2)13-6-7-14-16(9-13)23(21-17(14)18(24)25-3)10-11-4-5-12(19)8-15(11)20/h4-9H,10H2,1-3H3. The van der Waals surface area contributed by atoms with Gasteiger partial charge in [0.25, 0.3) is 0 Å². The van der Waals surface area contributed by atoms with Crippen molar-refractivity contribution in [2.45, 2.75) is 6.54 Å². The normalized spacial score (nSPS) is 10.9. The Morgan fingerprint density at radius 2 is 2.04 bits per heavy atom. The van der Waals surface area contributed by atoms with Gasteiger partial charge >= 0.3 is 5.97 Å². The van der Waals surface area contributed by atoms with Gasteiger partial charge in [0.2, 0.25) is 0 Å². The number of methoxy groups -OCH3 is 1. The van der Waals surface area contributed by atoms with E-state index in [0.717, 1.165) is 11.2 Å². The third kappa shape index (κ3) is 3.30. The van der Waals surface area contributed by atoms with Crippen LogP contribution in [0.4, 0.5) is 10.1 Å². The van der Waals surface area contributed by atoms with Crippen molar-refractivity contribution in [1.29, 1.82) is 0 Å². The SMILES string of the molecule is COC(=O)c1nn(Cc2ccc(Cl)cc2F)c2cc(N(C)C)ccc12. The first kappa shape index (κ1) is 17.2. The lowest BCUT2D eigenvalue weighted by molar-refractivity contribution is 0.0595. The van der Waals surface area contributed by atoms with E-state index < -0.39 is 11.8 Å². The molecule has 1 aromatic heterocycles. The monoisotopic (exact) mass is 361 g/mol. The van der Waals surface area contributed by atoms with E-state index in [1.165, 1.54) is 13.2 Å². The molecular formula is C18H17ClFN3O2. The summed E-state index contributed by atoms with van der Waals surface area (Å²) in [5, 5.41) is 5.33. The molecule has 0 saturated carbocycles. The van der Waals surface area contributed by atoms with Crippen molar-refractivity contribution >= 4 is 34.2 Å². The maximum absolute atomic E-state index is 14.1. The molecule has 0 bridgehead atoms. The number of rotatable bonds is 4. The third-order valence-electron chi connectivity index (χ3n) is 3.97. The summed E-state index contributed by atoms with van der Waals surface area (Å²) in [4.78, 5) is 14.0. The molecule has 3 aromatic rings. The Morgan fingerprint density at radius 1 is 1.28 bits per heavy atom. The molecule has 0 aliphatic rings. The quantitative estimate of drug-likeness (QED) is 0.664. The first-order chi connectivity index (χ1) is 11.9. The summed E-state index contributed by atoms with van der Waals surface area (Å²) >= 11 is 5.81. The Bertz CT molecular complexity index is 953. The second kappa shape index (κ2) is 6.72. The fourth-order valence-corrected chi connectivity index (χ4v) is 2.78. The van der Waals surface area contributed by atoms with Crippen molar-refractivity contribution in [2.24, 2.45) is 0 Å². The first-order valence-electron chi connectivity index (χ1n) is 7.61.